The van der Waals surface area contributed by atoms with Crippen LogP contribution in [0.3, 0.4) is 0 Å². The highest BCUT2D eigenvalue weighted by atomic mass is 19.4. The molecule has 1 unspecified atom stereocenters. The molecule has 0 bridgehead atoms. The Balaban J connectivity index is 5.30. The van der Waals surface area contributed by atoms with Crippen molar-refractivity contribution in [3.05, 3.63) is 0 Å². The molecule has 0 saturated carbocycles. The third-order valence-corrected chi connectivity index (χ3v) is 2.35. The number of halogens is 6. The molecule has 0 aliphatic rings. The third-order valence-electron chi connectivity index (χ3n) is 2.35. The Hall–Kier alpha value is -0.420. The van der Waals surface area contributed by atoms with Crippen LogP contribution in [0.5, 0.6) is 0 Å². The molecule has 0 heterocycles. The topological polar surface area (TPSA) is 0 Å². The van der Waals surface area contributed by atoms with Crippen molar-refractivity contribution in [3.63, 3.8) is 0 Å². The fourth-order valence-electron chi connectivity index (χ4n) is 0.737. The second kappa shape index (κ2) is 3.03. The summed E-state index contributed by atoms with van der Waals surface area (Å²) in [6.07, 6.45) is -5.87. The van der Waals surface area contributed by atoms with Gasteiger partial charge in [0.1, 0.15) is 0 Å². The van der Waals surface area contributed by atoms with Gasteiger partial charge >= 0.3 is 12.1 Å². The fraction of sp³-hybridized carbons (Fsp3) is 1.00. The van der Waals surface area contributed by atoms with E-state index in [2.05, 4.69) is 0 Å². The van der Waals surface area contributed by atoms with Gasteiger partial charge in [-0.25, -0.2) is 4.39 Å². The molecule has 0 aliphatic heterocycles. The minimum absolute atomic E-state index is 0.264. The molecule has 6 heteroatoms. The van der Waals surface area contributed by atoms with Gasteiger partial charge in [0, 0.05) is 5.41 Å². The molecule has 0 amide bonds. The van der Waals surface area contributed by atoms with Gasteiger partial charge in [0.05, 0.1) is 0 Å². The van der Waals surface area contributed by atoms with Gasteiger partial charge in [-0.15, -0.1) is 0 Å². The zero-order valence-corrected chi connectivity index (χ0v) is 8.27. The van der Waals surface area contributed by atoms with E-state index in [4.69, 9.17) is 0 Å². The number of alkyl halides is 6. The summed E-state index contributed by atoms with van der Waals surface area (Å²) in [6.45, 7) is 3.24. The fourth-order valence-corrected chi connectivity index (χ4v) is 0.737. The smallest absolute Gasteiger partial charge is 0.237 e. The second-order valence-corrected chi connectivity index (χ2v) is 4.33. The van der Waals surface area contributed by atoms with Crippen molar-refractivity contribution in [3.8, 4) is 0 Å². The highest BCUT2D eigenvalue weighted by Gasteiger charge is 2.72. The molecule has 0 aliphatic carbocycles. The average molecular weight is 222 g/mol. The van der Waals surface area contributed by atoms with Crippen LogP contribution in [-0.4, -0.2) is 17.8 Å². The average Bonchev–Trinajstić information content (AvgIpc) is 1.81. The minimum Gasteiger partial charge on any atom is -0.237 e. The Kier molecular flexibility index (Phi) is 2.94. The van der Waals surface area contributed by atoms with E-state index in [9.17, 15) is 26.3 Å². The molecule has 0 radical (unpaired) electrons. The van der Waals surface area contributed by atoms with E-state index < -0.39 is 23.2 Å². The Morgan fingerprint density at radius 2 is 0.929 bits per heavy atom. The maximum Gasteiger partial charge on any atom is 0.456 e. The van der Waals surface area contributed by atoms with Crippen LogP contribution in [0.25, 0.3) is 0 Å². The van der Waals surface area contributed by atoms with Gasteiger partial charge in [-0.2, -0.15) is 22.0 Å². The van der Waals surface area contributed by atoms with Crippen LogP contribution < -0.4 is 0 Å². The van der Waals surface area contributed by atoms with E-state index in [1.165, 1.54) is 0 Å². The molecule has 0 aromatic rings. The summed E-state index contributed by atoms with van der Waals surface area (Å²) in [5.41, 5.74) is -5.44. The summed E-state index contributed by atoms with van der Waals surface area (Å²) in [7, 11) is 0. The van der Waals surface area contributed by atoms with Crippen LogP contribution in [0.15, 0.2) is 0 Å². The molecule has 0 nitrogen and oxygen atoms in total. The van der Waals surface area contributed by atoms with E-state index in [0.717, 1.165) is 20.8 Å². The molecule has 0 saturated heterocycles. The van der Waals surface area contributed by atoms with Crippen LogP contribution in [0.4, 0.5) is 26.3 Å². The van der Waals surface area contributed by atoms with E-state index >= 15 is 0 Å². The molecule has 0 aromatic heterocycles. The van der Waals surface area contributed by atoms with E-state index in [1.807, 2.05) is 0 Å². The second-order valence-electron chi connectivity index (χ2n) is 4.33. The lowest BCUT2D eigenvalue weighted by atomic mass is 9.75. The first-order chi connectivity index (χ1) is 5.75. The van der Waals surface area contributed by atoms with E-state index in [1.54, 1.807) is 0 Å². The van der Waals surface area contributed by atoms with Crippen molar-refractivity contribution in [1.82, 2.24) is 0 Å². The monoisotopic (exact) mass is 222 g/mol. The molecule has 0 rings (SSSR count). The van der Waals surface area contributed by atoms with E-state index in [-0.39, 0.29) is 6.92 Å². The highest BCUT2D eigenvalue weighted by Crippen LogP contribution is 2.52. The van der Waals surface area contributed by atoms with Crippen molar-refractivity contribution < 1.29 is 26.3 Å². The van der Waals surface area contributed by atoms with Gasteiger partial charge in [-0.05, 0) is 6.92 Å². The predicted octanol–water partition coefficient (Wildman–Crippen LogP) is 3.96. The lowest BCUT2D eigenvalue weighted by Crippen LogP contribution is -2.58. The molecule has 1 atom stereocenters. The highest BCUT2D eigenvalue weighted by molar-refractivity contribution is 5.02. The van der Waals surface area contributed by atoms with Gasteiger partial charge in [0.15, 0.2) is 5.67 Å². The lowest BCUT2D eigenvalue weighted by molar-refractivity contribution is -0.339. The van der Waals surface area contributed by atoms with Crippen LogP contribution in [0.1, 0.15) is 27.7 Å². The van der Waals surface area contributed by atoms with Gasteiger partial charge in [0.2, 0.25) is 0 Å². The molecular formula is C8H12F6. The van der Waals surface area contributed by atoms with Gasteiger partial charge < -0.3 is 0 Å². The standard InChI is InChI=1S/C8H12F6/c1-5(2,3)6(4,9)7(10,11)8(12,13)14/h1-4H3. The molecule has 0 N–H and O–H groups in total. The minimum atomic E-state index is -5.87. The first-order valence-corrected chi connectivity index (χ1v) is 3.88. The Bertz CT molecular complexity index is 183. The Morgan fingerprint density at radius 1 is 0.643 bits per heavy atom. The molecular weight excluding hydrogens is 210 g/mol. The number of hydrogen-bond acceptors (Lipinski definition) is 0. The quantitative estimate of drug-likeness (QED) is 0.589. The third kappa shape index (κ3) is 1.83. The lowest BCUT2D eigenvalue weighted by Gasteiger charge is -2.40. The van der Waals surface area contributed by atoms with Gasteiger partial charge in [-0.3, -0.25) is 0 Å². The normalized spacial score (nSPS) is 19.3. The van der Waals surface area contributed by atoms with Gasteiger partial charge in [0.25, 0.3) is 0 Å². The summed E-state index contributed by atoms with van der Waals surface area (Å²) < 4.78 is 74.4. The Labute approximate surface area is 78.3 Å². The van der Waals surface area contributed by atoms with Crippen molar-refractivity contribution >= 4 is 0 Å². The largest absolute Gasteiger partial charge is 0.456 e. The summed E-state index contributed by atoms with van der Waals surface area (Å²) >= 11 is 0. The van der Waals surface area contributed by atoms with Gasteiger partial charge in [-0.1, -0.05) is 20.8 Å². The molecule has 0 aromatic carbocycles. The summed E-state index contributed by atoms with van der Waals surface area (Å²) in [6, 6.07) is 0. The van der Waals surface area contributed by atoms with Crippen molar-refractivity contribution in [1.29, 1.82) is 0 Å². The maximum atomic E-state index is 13.4. The molecule has 14 heavy (non-hydrogen) atoms. The summed E-state index contributed by atoms with van der Waals surface area (Å²) in [5, 5.41) is 0. The first-order valence-electron chi connectivity index (χ1n) is 3.88. The predicted molar refractivity (Wildman–Crippen MR) is 40.0 cm³/mol. The van der Waals surface area contributed by atoms with Crippen LogP contribution in [0, 0.1) is 5.41 Å². The SMILES string of the molecule is CC(C)(C)C(C)(F)C(F)(F)C(F)(F)F. The van der Waals surface area contributed by atoms with Crippen molar-refractivity contribution in [2.24, 2.45) is 5.41 Å². The van der Waals surface area contributed by atoms with Crippen LogP contribution in [0.2, 0.25) is 0 Å². The summed E-state index contributed by atoms with van der Waals surface area (Å²) in [5.74, 6) is -5.35. The maximum absolute atomic E-state index is 13.4. The first kappa shape index (κ1) is 13.6. The van der Waals surface area contributed by atoms with Crippen molar-refractivity contribution in [2.75, 3.05) is 0 Å². The van der Waals surface area contributed by atoms with Crippen molar-refractivity contribution in [2.45, 2.75) is 45.5 Å². The molecule has 86 valence electrons. The number of rotatable bonds is 1. The van der Waals surface area contributed by atoms with Crippen LogP contribution >= 0.6 is 0 Å². The molecule has 0 fully saturated rings. The van der Waals surface area contributed by atoms with E-state index in [0.29, 0.717) is 0 Å². The number of hydrogen-bond donors (Lipinski definition) is 0. The zero-order chi connectivity index (χ0) is 12.0. The molecule has 0 spiro atoms. The summed E-state index contributed by atoms with van der Waals surface area (Å²) in [4.78, 5) is 0. The van der Waals surface area contributed by atoms with Crippen LogP contribution in [-0.2, 0) is 0 Å². The Morgan fingerprint density at radius 3 is 1.00 bits per heavy atom. The zero-order valence-electron chi connectivity index (χ0n) is 8.27.